The van der Waals surface area contributed by atoms with E-state index in [4.69, 9.17) is 9.98 Å². The number of nitrogens with zero attached hydrogens (tertiary/aromatic N) is 2. The number of guanidine groups is 2. The highest BCUT2D eigenvalue weighted by Gasteiger charge is 2.20. The van der Waals surface area contributed by atoms with Gasteiger partial charge in [0.25, 0.3) is 0 Å². The molecule has 4 aliphatic carbocycles. The molecule has 4 saturated carbocycles. The van der Waals surface area contributed by atoms with E-state index in [0.717, 1.165) is 31.4 Å². The van der Waals surface area contributed by atoms with Gasteiger partial charge >= 0.3 is 0 Å². The predicted octanol–water partition coefficient (Wildman–Crippen LogP) is 5.78. The molecule has 0 aromatic heterocycles. The number of aliphatic imine (C=N–C) groups is 2. The van der Waals surface area contributed by atoms with Crippen molar-refractivity contribution in [1.82, 2.24) is 21.3 Å². The first-order chi connectivity index (χ1) is 17.3. The summed E-state index contributed by atoms with van der Waals surface area (Å²) in [5.74, 6) is 2.13. The predicted molar refractivity (Wildman–Crippen MR) is 149 cm³/mol. The minimum Gasteiger partial charge on any atom is -0.354 e. The maximum atomic E-state index is 5.02. The smallest absolute Gasteiger partial charge is 0.191 e. The molecule has 200 valence electrons. The topological polar surface area (TPSA) is 72.8 Å². The molecule has 0 unspecified atom stereocenters. The number of hydrogen-bond acceptors (Lipinski definition) is 2. The molecular formula is C29H54N6. The molecule has 0 amide bonds. The molecule has 0 bridgehead atoms. The SMILES string of the molecule is C1CCC(NC(=NCCCN=C(NC2CCCCC2)NC2CCCCC2)NC2CCCCC2)CC1. The lowest BCUT2D eigenvalue weighted by atomic mass is 9.95. The molecule has 0 atom stereocenters. The van der Waals surface area contributed by atoms with E-state index in [2.05, 4.69) is 21.3 Å². The lowest BCUT2D eigenvalue weighted by Gasteiger charge is -2.29. The van der Waals surface area contributed by atoms with Crippen LogP contribution in [0.15, 0.2) is 9.98 Å². The largest absolute Gasteiger partial charge is 0.354 e. The molecule has 0 radical (unpaired) electrons. The van der Waals surface area contributed by atoms with E-state index >= 15 is 0 Å². The van der Waals surface area contributed by atoms with Crippen LogP contribution in [0.5, 0.6) is 0 Å². The van der Waals surface area contributed by atoms with E-state index in [1.807, 2.05) is 0 Å². The minimum absolute atomic E-state index is 0.600. The number of hydrogen-bond donors (Lipinski definition) is 4. The van der Waals surface area contributed by atoms with Crippen molar-refractivity contribution < 1.29 is 0 Å². The summed E-state index contributed by atoms with van der Waals surface area (Å²) in [6.45, 7) is 1.69. The minimum atomic E-state index is 0.600. The molecule has 4 N–H and O–H groups in total. The summed E-state index contributed by atoms with van der Waals surface area (Å²) < 4.78 is 0. The Labute approximate surface area is 215 Å². The molecule has 6 nitrogen and oxygen atoms in total. The van der Waals surface area contributed by atoms with Crippen molar-refractivity contribution >= 4 is 11.9 Å². The highest BCUT2D eigenvalue weighted by molar-refractivity contribution is 5.81. The fourth-order valence-corrected chi connectivity index (χ4v) is 6.48. The molecular weight excluding hydrogens is 432 g/mol. The van der Waals surface area contributed by atoms with Crippen molar-refractivity contribution in [3.63, 3.8) is 0 Å². The Morgan fingerprint density at radius 3 is 0.914 bits per heavy atom. The third-order valence-corrected chi connectivity index (χ3v) is 8.64. The molecule has 0 spiro atoms. The molecule has 0 aromatic carbocycles. The van der Waals surface area contributed by atoms with Crippen LogP contribution in [-0.2, 0) is 0 Å². The lowest BCUT2D eigenvalue weighted by Crippen LogP contribution is -2.48. The molecule has 0 saturated heterocycles. The fourth-order valence-electron chi connectivity index (χ4n) is 6.48. The van der Waals surface area contributed by atoms with Gasteiger partial charge in [-0.05, 0) is 57.8 Å². The highest BCUT2D eigenvalue weighted by Crippen LogP contribution is 2.20. The summed E-state index contributed by atoms with van der Waals surface area (Å²) in [6.07, 6.45) is 27.7. The van der Waals surface area contributed by atoms with Gasteiger partial charge in [-0.25, -0.2) is 0 Å². The van der Waals surface area contributed by atoms with E-state index in [9.17, 15) is 0 Å². The van der Waals surface area contributed by atoms with Crippen molar-refractivity contribution in [2.45, 2.75) is 159 Å². The van der Waals surface area contributed by atoms with Crippen molar-refractivity contribution in [1.29, 1.82) is 0 Å². The Hall–Kier alpha value is -1.46. The van der Waals surface area contributed by atoms with Gasteiger partial charge in [-0.1, -0.05) is 77.0 Å². The van der Waals surface area contributed by atoms with E-state index in [1.165, 1.54) is 128 Å². The lowest BCUT2D eigenvalue weighted by molar-refractivity contribution is 0.388. The average molecular weight is 487 g/mol. The van der Waals surface area contributed by atoms with E-state index < -0.39 is 0 Å². The van der Waals surface area contributed by atoms with Gasteiger partial charge in [0.05, 0.1) is 0 Å². The van der Waals surface area contributed by atoms with Crippen molar-refractivity contribution in [2.24, 2.45) is 9.98 Å². The Bertz CT molecular complexity index is 525. The second-order valence-electron chi connectivity index (χ2n) is 11.7. The first-order valence-corrected chi connectivity index (χ1v) is 15.5. The van der Waals surface area contributed by atoms with Gasteiger partial charge < -0.3 is 21.3 Å². The molecule has 0 aliphatic heterocycles. The van der Waals surface area contributed by atoms with Crippen LogP contribution < -0.4 is 21.3 Å². The van der Waals surface area contributed by atoms with Crippen molar-refractivity contribution in [3.05, 3.63) is 0 Å². The fraction of sp³-hybridized carbons (Fsp3) is 0.931. The van der Waals surface area contributed by atoms with Gasteiger partial charge in [-0.15, -0.1) is 0 Å². The molecule has 4 aliphatic rings. The van der Waals surface area contributed by atoms with Crippen LogP contribution in [0, 0.1) is 0 Å². The van der Waals surface area contributed by atoms with E-state index in [0.29, 0.717) is 24.2 Å². The first-order valence-electron chi connectivity index (χ1n) is 15.5. The third kappa shape index (κ3) is 10.2. The van der Waals surface area contributed by atoms with Crippen LogP contribution in [0.2, 0.25) is 0 Å². The van der Waals surface area contributed by atoms with Gasteiger partial charge in [0, 0.05) is 37.3 Å². The highest BCUT2D eigenvalue weighted by atomic mass is 15.2. The summed E-state index contributed by atoms with van der Waals surface area (Å²) in [5, 5.41) is 15.2. The zero-order chi connectivity index (χ0) is 24.0. The summed E-state index contributed by atoms with van der Waals surface area (Å²) in [4.78, 5) is 10.0. The van der Waals surface area contributed by atoms with Crippen LogP contribution in [0.4, 0.5) is 0 Å². The average Bonchev–Trinajstić information content (AvgIpc) is 2.91. The van der Waals surface area contributed by atoms with Crippen molar-refractivity contribution in [2.75, 3.05) is 13.1 Å². The number of rotatable bonds is 8. The van der Waals surface area contributed by atoms with Gasteiger partial charge in [0.15, 0.2) is 11.9 Å². The Morgan fingerprint density at radius 1 is 0.400 bits per heavy atom. The molecule has 35 heavy (non-hydrogen) atoms. The van der Waals surface area contributed by atoms with Gasteiger partial charge in [-0.3, -0.25) is 9.98 Å². The molecule has 4 rings (SSSR count). The molecule has 4 fully saturated rings. The van der Waals surface area contributed by atoms with Crippen molar-refractivity contribution in [3.8, 4) is 0 Å². The summed E-state index contributed by atoms with van der Waals surface area (Å²) >= 11 is 0. The van der Waals surface area contributed by atoms with Gasteiger partial charge in [0.2, 0.25) is 0 Å². The summed E-state index contributed by atoms with van der Waals surface area (Å²) in [5.41, 5.74) is 0. The molecule has 6 heteroatoms. The third-order valence-electron chi connectivity index (χ3n) is 8.64. The summed E-state index contributed by atoms with van der Waals surface area (Å²) in [7, 11) is 0. The molecule has 0 aromatic rings. The van der Waals surface area contributed by atoms with Gasteiger partial charge in [-0.2, -0.15) is 0 Å². The molecule has 0 heterocycles. The van der Waals surface area contributed by atoms with E-state index in [-0.39, 0.29) is 0 Å². The maximum absolute atomic E-state index is 5.02. The monoisotopic (exact) mass is 486 g/mol. The number of nitrogens with one attached hydrogen (secondary N) is 4. The van der Waals surface area contributed by atoms with Gasteiger partial charge in [0.1, 0.15) is 0 Å². The maximum Gasteiger partial charge on any atom is 0.191 e. The zero-order valence-electron chi connectivity index (χ0n) is 22.5. The van der Waals surface area contributed by atoms with Crippen LogP contribution in [0.3, 0.4) is 0 Å². The van der Waals surface area contributed by atoms with Crippen LogP contribution in [-0.4, -0.2) is 49.2 Å². The van der Waals surface area contributed by atoms with Crippen LogP contribution in [0.1, 0.15) is 135 Å². The Kier molecular flexibility index (Phi) is 11.9. The Morgan fingerprint density at radius 2 is 0.657 bits per heavy atom. The van der Waals surface area contributed by atoms with E-state index in [1.54, 1.807) is 0 Å². The first kappa shape index (κ1) is 26.6. The zero-order valence-corrected chi connectivity index (χ0v) is 22.5. The quantitative estimate of drug-likeness (QED) is 0.199. The second kappa shape index (κ2) is 15.6. The van der Waals surface area contributed by atoms with Crippen LogP contribution in [0.25, 0.3) is 0 Å². The summed E-state index contributed by atoms with van der Waals surface area (Å²) in [6, 6.07) is 2.40. The standard InChI is InChI=1S/C29H54N6/c1-5-14-24(15-6-1)32-28(33-25-16-7-2-8-17-25)30-22-13-23-31-29(34-26-18-9-3-10-19-26)35-27-20-11-4-12-21-27/h24-27H,1-23H2,(H2,30,32,33)(H2,31,34,35). The second-order valence-corrected chi connectivity index (χ2v) is 11.7. The Balaban J connectivity index is 1.28. The normalized spacial score (nSPS) is 23.3. The van der Waals surface area contributed by atoms with Crippen LogP contribution >= 0.6 is 0 Å².